The third-order valence-electron chi connectivity index (χ3n) is 2.05. The molecule has 0 amide bonds. The first-order valence-electron chi connectivity index (χ1n) is 5.49. The van der Waals surface area contributed by atoms with Gasteiger partial charge in [0.15, 0.2) is 0 Å². The second kappa shape index (κ2) is 8.12. The van der Waals surface area contributed by atoms with Gasteiger partial charge in [-0.3, -0.25) is 0 Å². The van der Waals surface area contributed by atoms with Crippen molar-refractivity contribution in [2.45, 2.75) is 24.3 Å². The number of aliphatic hydroxyl groups is 1. The van der Waals surface area contributed by atoms with E-state index < -0.39 is 0 Å². The Hall–Kier alpha value is -0.0300. The molecule has 1 atom stereocenters. The second-order valence-corrected chi connectivity index (χ2v) is 5.64. The van der Waals surface area contributed by atoms with Crippen molar-refractivity contribution < 1.29 is 5.11 Å². The minimum absolute atomic E-state index is 0.282. The number of aliphatic hydroxyl groups excluding tert-OH is 1. The van der Waals surface area contributed by atoms with Crippen molar-refractivity contribution in [3.63, 3.8) is 0 Å². The van der Waals surface area contributed by atoms with Crippen LogP contribution in [0.1, 0.15) is 13.3 Å². The molecule has 90 valence electrons. The van der Waals surface area contributed by atoms with Gasteiger partial charge in [0, 0.05) is 21.7 Å². The van der Waals surface area contributed by atoms with Gasteiger partial charge in [0.05, 0.1) is 6.10 Å². The van der Waals surface area contributed by atoms with E-state index in [1.54, 1.807) is 11.8 Å². The number of benzene rings is 1. The van der Waals surface area contributed by atoms with Crippen LogP contribution in [0.15, 0.2) is 33.6 Å². The van der Waals surface area contributed by atoms with Crippen molar-refractivity contribution in [2.75, 3.05) is 18.8 Å². The van der Waals surface area contributed by atoms with Crippen molar-refractivity contribution in [1.29, 1.82) is 0 Å². The Morgan fingerprint density at radius 1 is 1.50 bits per heavy atom. The first-order valence-corrected chi connectivity index (χ1v) is 7.27. The third kappa shape index (κ3) is 5.89. The van der Waals surface area contributed by atoms with Gasteiger partial charge in [0.1, 0.15) is 0 Å². The fourth-order valence-corrected chi connectivity index (χ4v) is 2.69. The third-order valence-corrected chi connectivity index (χ3v) is 3.68. The van der Waals surface area contributed by atoms with Crippen LogP contribution in [-0.2, 0) is 0 Å². The Bertz CT molecular complexity index is 309. The molecule has 0 bridgehead atoms. The normalized spacial score (nSPS) is 12.7. The molecule has 0 radical (unpaired) electrons. The van der Waals surface area contributed by atoms with Gasteiger partial charge >= 0.3 is 0 Å². The number of hydrogen-bond acceptors (Lipinski definition) is 3. The molecule has 1 rings (SSSR count). The number of rotatable bonds is 7. The largest absolute Gasteiger partial charge is 0.391 e. The SMILES string of the molecule is CCCNCC(O)CSc1cccc(Br)c1. The van der Waals surface area contributed by atoms with Gasteiger partial charge in [-0.15, -0.1) is 11.8 Å². The lowest BCUT2D eigenvalue weighted by Crippen LogP contribution is -2.28. The molecule has 0 fully saturated rings. The summed E-state index contributed by atoms with van der Waals surface area (Å²) in [5, 5.41) is 12.9. The van der Waals surface area contributed by atoms with Crippen LogP contribution < -0.4 is 5.32 Å². The van der Waals surface area contributed by atoms with Crippen LogP contribution >= 0.6 is 27.7 Å². The van der Waals surface area contributed by atoms with E-state index in [1.165, 1.54) is 4.90 Å². The molecule has 4 heteroatoms. The maximum atomic E-state index is 9.71. The molecule has 0 aliphatic heterocycles. The van der Waals surface area contributed by atoms with Crippen LogP contribution in [-0.4, -0.2) is 30.1 Å². The van der Waals surface area contributed by atoms with E-state index in [4.69, 9.17) is 0 Å². The summed E-state index contributed by atoms with van der Waals surface area (Å²) in [6, 6.07) is 8.13. The summed E-state index contributed by atoms with van der Waals surface area (Å²) in [6.45, 7) is 3.77. The Kier molecular flexibility index (Phi) is 7.12. The van der Waals surface area contributed by atoms with Crippen LogP contribution in [0.2, 0.25) is 0 Å². The highest BCUT2D eigenvalue weighted by atomic mass is 79.9. The summed E-state index contributed by atoms with van der Waals surface area (Å²) in [4.78, 5) is 1.18. The van der Waals surface area contributed by atoms with E-state index in [9.17, 15) is 5.11 Å². The fraction of sp³-hybridized carbons (Fsp3) is 0.500. The van der Waals surface area contributed by atoms with Gasteiger partial charge in [0.2, 0.25) is 0 Å². The van der Waals surface area contributed by atoms with Gasteiger partial charge in [-0.25, -0.2) is 0 Å². The number of hydrogen-bond donors (Lipinski definition) is 2. The lowest BCUT2D eigenvalue weighted by atomic mass is 10.4. The molecular weight excluding hydrogens is 286 g/mol. The maximum absolute atomic E-state index is 9.71. The van der Waals surface area contributed by atoms with E-state index in [0.717, 1.165) is 23.2 Å². The number of thioether (sulfide) groups is 1. The highest BCUT2D eigenvalue weighted by Crippen LogP contribution is 2.22. The summed E-state index contributed by atoms with van der Waals surface area (Å²) in [6.07, 6.45) is 0.821. The highest BCUT2D eigenvalue weighted by molar-refractivity contribution is 9.10. The Morgan fingerprint density at radius 2 is 2.31 bits per heavy atom. The van der Waals surface area contributed by atoms with Gasteiger partial charge in [-0.2, -0.15) is 0 Å². The zero-order valence-electron chi connectivity index (χ0n) is 9.45. The molecule has 1 unspecified atom stereocenters. The molecule has 0 heterocycles. The molecule has 1 aromatic rings. The zero-order chi connectivity index (χ0) is 11.8. The van der Waals surface area contributed by atoms with E-state index >= 15 is 0 Å². The van der Waals surface area contributed by atoms with E-state index in [0.29, 0.717) is 6.54 Å². The van der Waals surface area contributed by atoms with Gasteiger partial charge in [-0.1, -0.05) is 28.9 Å². The Balaban J connectivity index is 2.23. The summed E-state index contributed by atoms with van der Waals surface area (Å²) in [5.74, 6) is 0.729. The molecule has 2 nitrogen and oxygen atoms in total. The van der Waals surface area contributed by atoms with Crippen molar-refractivity contribution in [3.05, 3.63) is 28.7 Å². The van der Waals surface area contributed by atoms with Crippen molar-refractivity contribution in [2.24, 2.45) is 0 Å². The molecular formula is C12H18BrNOS. The predicted molar refractivity (Wildman–Crippen MR) is 74.0 cm³/mol. The van der Waals surface area contributed by atoms with E-state index in [2.05, 4.69) is 40.3 Å². The minimum Gasteiger partial charge on any atom is -0.391 e. The lowest BCUT2D eigenvalue weighted by molar-refractivity contribution is 0.196. The monoisotopic (exact) mass is 303 g/mol. The van der Waals surface area contributed by atoms with Gasteiger partial charge < -0.3 is 10.4 Å². The molecule has 0 aromatic heterocycles. The molecule has 0 saturated heterocycles. The fourth-order valence-electron chi connectivity index (χ4n) is 1.25. The minimum atomic E-state index is -0.282. The summed E-state index contributed by atoms with van der Waals surface area (Å²) < 4.78 is 1.08. The number of nitrogens with one attached hydrogen (secondary N) is 1. The van der Waals surface area contributed by atoms with Crippen molar-refractivity contribution in [3.8, 4) is 0 Å². The highest BCUT2D eigenvalue weighted by Gasteiger charge is 2.04. The van der Waals surface area contributed by atoms with Crippen molar-refractivity contribution in [1.82, 2.24) is 5.32 Å². The molecule has 16 heavy (non-hydrogen) atoms. The Morgan fingerprint density at radius 3 is 3.00 bits per heavy atom. The van der Waals surface area contributed by atoms with Gasteiger partial charge in [0.25, 0.3) is 0 Å². The summed E-state index contributed by atoms with van der Waals surface area (Å²) in [5.41, 5.74) is 0. The summed E-state index contributed by atoms with van der Waals surface area (Å²) in [7, 11) is 0. The first-order chi connectivity index (χ1) is 7.72. The standard InChI is InChI=1S/C12H18BrNOS/c1-2-6-14-8-11(15)9-16-12-5-3-4-10(13)7-12/h3-5,7,11,14-15H,2,6,8-9H2,1H3. The smallest absolute Gasteiger partial charge is 0.0758 e. The average Bonchev–Trinajstić information content (AvgIpc) is 2.27. The van der Waals surface area contributed by atoms with E-state index in [1.807, 2.05) is 12.1 Å². The molecule has 0 saturated carbocycles. The summed E-state index contributed by atoms with van der Waals surface area (Å²) >= 11 is 5.11. The average molecular weight is 304 g/mol. The first kappa shape index (κ1) is 14.0. The van der Waals surface area contributed by atoms with Crippen molar-refractivity contribution >= 4 is 27.7 Å². The Labute approximate surface area is 110 Å². The van der Waals surface area contributed by atoms with Gasteiger partial charge in [-0.05, 0) is 31.2 Å². The second-order valence-electron chi connectivity index (χ2n) is 3.63. The lowest BCUT2D eigenvalue weighted by Gasteiger charge is -2.11. The van der Waals surface area contributed by atoms with E-state index in [-0.39, 0.29) is 6.10 Å². The molecule has 1 aromatic carbocycles. The molecule has 0 aliphatic carbocycles. The maximum Gasteiger partial charge on any atom is 0.0758 e. The van der Waals surface area contributed by atoms with Crippen LogP contribution in [0.5, 0.6) is 0 Å². The molecule has 0 aliphatic rings. The topological polar surface area (TPSA) is 32.3 Å². The van der Waals surface area contributed by atoms with Crippen LogP contribution in [0.25, 0.3) is 0 Å². The van der Waals surface area contributed by atoms with Crippen LogP contribution in [0.4, 0.5) is 0 Å². The number of halogens is 1. The van der Waals surface area contributed by atoms with Crippen LogP contribution in [0, 0.1) is 0 Å². The predicted octanol–water partition coefficient (Wildman–Crippen LogP) is 2.90. The van der Waals surface area contributed by atoms with Crippen LogP contribution in [0.3, 0.4) is 0 Å². The quantitative estimate of drug-likeness (QED) is 0.600. The zero-order valence-corrected chi connectivity index (χ0v) is 11.9. The molecule has 2 N–H and O–H groups in total. The molecule has 0 spiro atoms.